The molecule has 0 N–H and O–H groups in total. The van der Waals surface area contributed by atoms with Crippen LogP contribution in [0.4, 0.5) is 0 Å². The molecule has 2 aromatic carbocycles. The fourth-order valence-corrected chi connectivity index (χ4v) is 2.10. The van der Waals surface area contributed by atoms with Crippen LogP contribution in [0.5, 0.6) is 11.5 Å². The van der Waals surface area contributed by atoms with Crippen LogP contribution < -0.4 is 9.47 Å². The fourth-order valence-electron chi connectivity index (χ4n) is 2.10. The fraction of sp³-hybridized carbons (Fsp3) is 0.278. The van der Waals surface area contributed by atoms with Gasteiger partial charge in [0, 0.05) is 11.1 Å². The summed E-state index contributed by atoms with van der Waals surface area (Å²) in [5.41, 5.74) is 2.27. The molecule has 0 aliphatic rings. The molecule has 0 heterocycles. The normalized spacial score (nSPS) is 10.2. The lowest BCUT2D eigenvalue weighted by atomic mass is 9.99. The van der Waals surface area contributed by atoms with E-state index in [1.807, 2.05) is 25.1 Å². The molecule has 0 radical (unpaired) electrons. The van der Waals surface area contributed by atoms with Crippen LogP contribution in [0.2, 0.25) is 0 Å². The molecule has 0 fully saturated rings. The Balaban J connectivity index is 2.21. The monoisotopic (exact) mass is 284 g/mol. The Bertz CT molecular complexity index is 615. The van der Waals surface area contributed by atoms with Crippen molar-refractivity contribution in [3.63, 3.8) is 0 Å². The number of carbonyl (C=O) groups excluding carboxylic acids is 1. The zero-order valence-corrected chi connectivity index (χ0v) is 12.7. The Morgan fingerprint density at radius 3 is 2.29 bits per heavy atom. The van der Waals surface area contributed by atoms with E-state index in [2.05, 4.69) is 6.92 Å². The molecule has 0 bridgehead atoms. The quantitative estimate of drug-likeness (QED) is 0.751. The molecule has 0 unspecified atom stereocenters. The Labute approximate surface area is 125 Å². The van der Waals surface area contributed by atoms with Crippen molar-refractivity contribution < 1.29 is 14.3 Å². The highest BCUT2D eigenvalue weighted by Gasteiger charge is 2.12. The Morgan fingerprint density at radius 1 is 1.05 bits per heavy atom. The van der Waals surface area contributed by atoms with Crippen LogP contribution in [0.25, 0.3) is 0 Å². The molecule has 3 nitrogen and oxygen atoms in total. The number of ketones is 1. The maximum atomic E-state index is 12.5. The smallest absolute Gasteiger partial charge is 0.193 e. The highest BCUT2D eigenvalue weighted by molar-refractivity contribution is 6.10. The molecule has 21 heavy (non-hydrogen) atoms. The third kappa shape index (κ3) is 3.63. The molecule has 0 saturated carbocycles. The summed E-state index contributed by atoms with van der Waals surface area (Å²) in [6.45, 7) is 4.68. The first-order valence-electron chi connectivity index (χ1n) is 7.08. The largest absolute Gasteiger partial charge is 0.497 e. The van der Waals surface area contributed by atoms with Gasteiger partial charge in [-0.05, 0) is 61.4 Å². The number of hydrogen-bond acceptors (Lipinski definition) is 3. The lowest BCUT2D eigenvalue weighted by molar-refractivity contribution is 0.103. The molecular formula is C18H20O3. The van der Waals surface area contributed by atoms with Gasteiger partial charge in [-0.3, -0.25) is 4.79 Å². The van der Waals surface area contributed by atoms with Gasteiger partial charge < -0.3 is 9.47 Å². The van der Waals surface area contributed by atoms with Crippen molar-refractivity contribution in [1.82, 2.24) is 0 Å². The summed E-state index contributed by atoms with van der Waals surface area (Å²) in [7, 11) is 1.61. The third-order valence-electron chi connectivity index (χ3n) is 3.27. The van der Waals surface area contributed by atoms with E-state index in [4.69, 9.17) is 9.47 Å². The summed E-state index contributed by atoms with van der Waals surface area (Å²) in [5, 5.41) is 0. The predicted molar refractivity (Wildman–Crippen MR) is 83.4 cm³/mol. The molecule has 0 atom stereocenters. The van der Waals surface area contributed by atoms with Crippen molar-refractivity contribution in [2.24, 2.45) is 0 Å². The third-order valence-corrected chi connectivity index (χ3v) is 3.27. The van der Waals surface area contributed by atoms with E-state index < -0.39 is 0 Å². The molecule has 0 spiro atoms. The molecule has 110 valence electrons. The van der Waals surface area contributed by atoms with E-state index in [1.165, 1.54) is 0 Å². The lowest BCUT2D eigenvalue weighted by Crippen LogP contribution is -2.04. The van der Waals surface area contributed by atoms with Gasteiger partial charge in [0.25, 0.3) is 0 Å². The number of methoxy groups -OCH3 is 1. The van der Waals surface area contributed by atoms with Crippen molar-refractivity contribution in [2.75, 3.05) is 13.7 Å². The van der Waals surface area contributed by atoms with Crippen LogP contribution in [0, 0.1) is 6.92 Å². The van der Waals surface area contributed by atoms with E-state index in [1.54, 1.807) is 31.4 Å². The molecule has 0 aromatic heterocycles. The summed E-state index contributed by atoms with van der Waals surface area (Å²) in [4.78, 5) is 12.5. The van der Waals surface area contributed by atoms with Crippen LogP contribution >= 0.6 is 0 Å². The van der Waals surface area contributed by atoms with Crippen LogP contribution in [-0.4, -0.2) is 19.5 Å². The van der Waals surface area contributed by atoms with Gasteiger partial charge in [0.2, 0.25) is 0 Å². The van der Waals surface area contributed by atoms with Crippen molar-refractivity contribution in [1.29, 1.82) is 0 Å². The average molecular weight is 284 g/mol. The van der Waals surface area contributed by atoms with Gasteiger partial charge in [-0.15, -0.1) is 0 Å². The number of benzene rings is 2. The van der Waals surface area contributed by atoms with Crippen LogP contribution in [0.15, 0.2) is 42.5 Å². The molecule has 0 amide bonds. The second-order valence-electron chi connectivity index (χ2n) is 4.88. The second-order valence-corrected chi connectivity index (χ2v) is 4.88. The minimum absolute atomic E-state index is 0.0113. The summed E-state index contributed by atoms with van der Waals surface area (Å²) in [6, 6.07) is 12.7. The number of ether oxygens (including phenoxy) is 2. The molecule has 0 aliphatic carbocycles. The van der Waals surface area contributed by atoms with E-state index in [0.717, 1.165) is 23.5 Å². The molecule has 2 rings (SSSR count). The van der Waals surface area contributed by atoms with Gasteiger partial charge in [0.15, 0.2) is 5.78 Å². The Morgan fingerprint density at radius 2 is 1.71 bits per heavy atom. The van der Waals surface area contributed by atoms with E-state index >= 15 is 0 Å². The topological polar surface area (TPSA) is 35.5 Å². The van der Waals surface area contributed by atoms with Crippen LogP contribution in [0.1, 0.15) is 34.8 Å². The first-order valence-corrected chi connectivity index (χ1v) is 7.08. The zero-order valence-electron chi connectivity index (χ0n) is 12.7. The predicted octanol–water partition coefficient (Wildman–Crippen LogP) is 4.02. The molecule has 0 saturated heterocycles. The van der Waals surface area contributed by atoms with E-state index in [9.17, 15) is 4.79 Å². The lowest BCUT2D eigenvalue weighted by Gasteiger charge is -2.09. The van der Waals surface area contributed by atoms with Crippen LogP contribution in [-0.2, 0) is 0 Å². The van der Waals surface area contributed by atoms with E-state index in [-0.39, 0.29) is 5.78 Å². The number of hydrogen-bond donors (Lipinski definition) is 0. The Kier molecular flexibility index (Phi) is 4.99. The van der Waals surface area contributed by atoms with Crippen molar-refractivity contribution in [2.45, 2.75) is 20.3 Å². The maximum Gasteiger partial charge on any atom is 0.193 e. The zero-order chi connectivity index (χ0) is 15.2. The Hall–Kier alpha value is -2.29. The van der Waals surface area contributed by atoms with Crippen molar-refractivity contribution in [3.05, 3.63) is 59.2 Å². The van der Waals surface area contributed by atoms with Gasteiger partial charge in [0.1, 0.15) is 11.5 Å². The van der Waals surface area contributed by atoms with Crippen molar-refractivity contribution in [3.8, 4) is 11.5 Å². The number of aryl methyl sites for hydroxylation is 1. The summed E-state index contributed by atoms with van der Waals surface area (Å²) in [5.74, 6) is 1.56. The van der Waals surface area contributed by atoms with Gasteiger partial charge in [-0.1, -0.05) is 6.92 Å². The first-order chi connectivity index (χ1) is 10.2. The molecule has 2 aromatic rings. The molecule has 3 heteroatoms. The SMILES string of the molecule is CCCOc1ccc(C(=O)c2ccc(OC)cc2)c(C)c1. The summed E-state index contributed by atoms with van der Waals surface area (Å²) >= 11 is 0. The number of rotatable bonds is 6. The highest BCUT2D eigenvalue weighted by Crippen LogP contribution is 2.21. The minimum atomic E-state index is 0.0113. The highest BCUT2D eigenvalue weighted by atomic mass is 16.5. The van der Waals surface area contributed by atoms with Gasteiger partial charge in [0.05, 0.1) is 13.7 Å². The maximum absolute atomic E-state index is 12.5. The van der Waals surface area contributed by atoms with Gasteiger partial charge >= 0.3 is 0 Å². The minimum Gasteiger partial charge on any atom is -0.497 e. The van der Waals surface area contributed by atoms with E-state index in [0.29, 0.717) is 17.7 Å². The van der Waals surface area contributed by atoms with Gasteiger partial charge in [-0.25, -0.2) is 0 Å². The molecular weight excluding hydrogens is 264 g/mol. The standard InChI is InChI=1S/C18H20O3/c1-4-11-21-16-9-10-17(13(2)12-16)18(19)14-5-7-15(20-3)8-6-14/h5-10,12H,4,11H2,1-3H3. The summed E-state index contributed by atoms with van der Waals surface area (Å²) in [6.07, 6.45) is 0.964. The number of carbonyl (C=O) groups is 1. The average Bonchev–Trinajstić information content (AvgIpc) is 2.52. The van der Waals surface area contributed by atoms with Crippen LogP contribution in [0.3, 0.4) is 0 Å². The first kappa shape index (κ1) is 15.1. The summed E-state index contributed by atoms with van der Waals surface area (Å²) < 4.78 is 10.7. The molecule has 0 aliphatic heterocycles. The van der Waals surface area contributed by atoms with Crippen molar-refractivity contribution >= 4 is 5.78 Å². The van der Waals surface area contributed by atoms with Gasteiger partial charge in [-0.2, -0.15) is 0 Å². The second kappa shape index (κ2) is 6.93.